The van der Waals surface area contributed by atoms with Gasteiger partial charge in [-0.2, -0.15) is 0 Å². The first kappa shape index (κ1) is 20.5. The third kappa shape index (κ3) is 3.09. The number of nitrogens with zero attached hydrogens (tertiary/aromatic N) is 3. The predicted octanol–water partition coefficient (Wildman–Crippen LogP) is 3.01. The first-order chi connectivity index (χ1) is 14.2. The first-order valence-electron chi connectivity index (χ1n) is 9.11. The van der Waals surface area contributed by atoms with Crippen molar-refractivity contribution in [1.29, 1.82) is 0 Å². The van der Waals surface area contributed by atoms with Crippen molar-refractivity contribution in [2.75, 3.05) is 0 Å². The summed E-state index contributed by atoms with van der Waals surface area (Å²) in [5, 5.41) is -0.00547. The van der Waals surface area contributed by atoms with Gasteiger partial charge in [0.25, 0.3) is 5.56 Å². The van der Waals surface area contributed by atoms with Crippen LogP contribution in [0.2, 0.25) is 0 Å². The molecule has 1 aromatic carbocycles. The number of carbonyl (C=O) groups excluding carboxylic acids is 2. The summed E-state index contributed by atoms with van der Waals surface area (Å²) >= 11 is 4.56. The maximum atomic E-state index is 13.3. The van der Waals surface area contributed by atoms with Crippen molar-refractivity contribution in [2.45, 2.75) is 18.2 Å². The van der Waals surface area contributed by atoms with Crippen LogP contribution in [0.4, 0.5) is 0 Å². The molecule has 30 heavy (non-hydrogen) atoms. The molecule has 9 heteroatoms. The lowest BCUT2D eigenvalue weighted by atomic mass is 9.90. The number of allylic oxidation sites excluding steroid dienone is 2. The number of benzene rings is 1. The highest BCUT2D eigenvalue weighted by atomic mass is 79.9. The highest BCUT2D eigenvalue weighted by Gasteiger charge is 2.33. The maximum absolute atomic E-state index is 13.3. The molecule has 0 bridgehead atoms. The molecular formula is C21H16BrN3O4S. The van der Waals surface area contributed by atoms with Gasteiger partial charge < -0.3 is 0 Å². The van der Waals surface area contributed by atoms with Gasteiger partial charge in [0.2, 0.25) is 5.78 Å². The smallest absolute Gasteiger partial charge is 0.289 e. The van der Waals surface area contributed by atoms with E-state index in [1.165, 1.54) is 36.5 Å². The van der Waals surface area contributed by atoms with E-state index in [-0.39, 0.29) is 32.8 Å². The number of halogens is 1. The second-order valence-corrected chi connectivity index (χ2v) is 8.86. The van der Waals surface area contributed by atoms with E-state index < -0.39 is 17.0 Å². The van der Waals surface area contributed by atoms with E-state index in [1.54, 1.807) is 0 Å². The summed E-state index contributed by atoms with van der Waals surface area (Å²) in [5.41, 5.74) is -0.513. The van der Waals surface area contributed by atoms with Crippen LogP contribution in [0, 0.1) is 0 Å². The molecule has 2 heterocycles. The van der Waals surface area contributed by atoms with Crippen molar-refractivity contribution in [3.8, 4) is 0 Å². The van der Waals surface area contributed by atoms with E-state index in [0.29, 0.717) is 12.1 Å². The summed E-state index contributed by atoms with van der Waals surface area (Å²) in [6.45, 7) is 1.81. The van der Waals surface area contributed by atoms with E-state index in [9.17, 15) is 19.2 Å². The molecule has 0 fully saturated rings. The van der Waals surface area contributed by atoms with Gasteiger partial charge in [0.1, 0.15) is 5.65 Å². The minimum absolute atomic E-state index is 0.00547. The van der Waals surface area contributed by atoms with Crippen LogP contribution in [0.25, 0.3) is 11.0 Å². The van der Waals surface area contributed by atoms with E-state index in [1.807, 2.05) is 31.2 Å². The van der Waals surface area contributed by atoms with Gasteiger partial charge in [-0.1, -0.05) is 34.6 Å². The summed E-state index contributed by atoms with van der Waals surface area (Å²) in [6.07, 6.45) is 1.64. The van der Waals surface area contributed by atoms with Crippen LogP contribution >= 0.6 is 27.7 Å². The van der Waals surface area contributed by atoms with Gasteiger partial charge in [0, 0.05) is 29.5 Å². The fourth-order valence-corrected chi connectivity index (χ4v) is 4.62. The Morgan fingerprint density at radius 2 is 1.67 bits per heavy atom. The van der Waals surface area contributed by atoms with Gasteiger partial charge in [0.15, 0.2) is 5.78 Å². The molecule has 4 rings (SSSR count). The van der Waals surface area contributed by atoms with Crippen LogP contribution in [-0.2, 0) is 20.5 Å². The summed E-state index contributed by atoms with van der Waals surface area (Å²) in [7, 11) is 2.83. The molecule has 2 aromatic heterocycles. The highest BCUT2D eigenvalue weighted by molar-refractivity contribution is 9.10. The fourth-order valence-electron chi connectivity index (χ4n) is 3.47. The topological polar surface area (TPSA) is 91.0 Å². The normalized spacial score (nSPS) is 13.5. The number of carbonyl (C=O) groups is 2. The van der Waals surface area contributed by atoms with Gasteiger partial charge in [0.05, 0.1) is 27.1 Å². The second kappa shape index (κ2) is 7.48. The lowest BCUT2D eigenvalue weighted by Gasteiger charge is -2.20. The molecule has 0 amide bonds. The Labute approximate surface area is 183 Å². The molecule has 0 aliphatic heterocycles. The van der Waals surface area contributed by atoms with Crippen molar-refractivity contribution in [2.24, 2.45) is 14.1 Å². The van der Waals surface area contributed by atoms with Crippen molar-refractivity contribution >= 4 is 50.3 Å². The first-order valence-corrected chi connectivity index (χ1v) is 10.7. The third-order valence-corrected chi connectivity index (χ3v) is 6.56. The maximum Gasteiger partial charge on any atom is 0.332 e. The van der Waals surface area contributed by atoms with E-state index >= 15 is 0 Å². The van der Waals surface area contributed by atoms with Gasteiger partial charge in [-0.05, 0) is 30.7 Å². The summed E-state index contributed by atoms with van der Waals surface area (Å²) in [4.78, 5) is 57.1. The monoisotopic (exact) mass is 485 g/mol. The molecule has 7 nitrogen and oxygen atoms in total. The molecule has 0 N–H and O–H groups in total. The zero-order chi connectivity index (χ0) is 21.7. The standard InChI is InChI=1S/C21H16BrN3O4S/c1-4-12-15-16(17-19(23-12)24(2)21(29)25(3)20(17)28)13(26)9-14(18(15)27)30-11-7-5-10(22)6-8-11/h5-9H,4H2,1-3H3. The molecule has 0 atom stereocenters. The highest BCUT2D eigenvalue weighted by Crippen LogP contribution is 2.36. The SMILES string of the molecule is CCc1nc2c(c3c1C(=O)C(Sc1ccc(Br)cc1)=CC3=O)c(=O)n(C)c(=O)n2C. The molecule has 0 radical (unpaired) electrons. The van der Waals surface area contributed by atoms with E-state index in [4.69, 9.17) is 0 Å². The molecule has 3 aromatic rings. The predicted molar refractivity (Wildman–Crippen MR) is 118 cm³/mol. The third-order valence-electron chi connectivity index (χ3n) is 5.00. The molecule has 1 aliphatic carbocycles. The second-order valence-electron chi connectivity index (χ2n) is 6.82. The van der Waals surface area contributed by atoms with E-state index in [0.717, 1.165) is 13.9 Å². The van der Waals surface area contributed by atoms with Crippen LogP contribution in [0.3, 0.4) is 0 Å². The van der Waals surface area contributed by atoms with Crippen LogP contribution in [0.5, 0.6) is 0 Å². The summed E-state index contributed by atoms with van der Waals surface area (Å²) < 4.78 is 3.05. The average Bonchev–Trinajstić information content (AvgIpc) is 2.74. The molecule has 0 saturated heterocycles. The largest absolute Gasteiger partial charge is 0.332 e. The van der Waals surface area contributed by atoms with Crippen molar-refractivity contribution in [3.63, 3.8) is 0 Å². The molecule has 0 saturated carbocycles. The molecule has 0 spiro atoms. The van der Waals surface area contributed by atoms with Crippen LogP contribution in [0.15, 0.2) is 54.2 Å². The Kier molecular flexibility index (Phi) is 5.11. The Bertz CT molecular complexity index is 1400. The number of fused-ring (bicyclic) bond motifs is 3. The Balaban J connectivity index is 1.99. The molecular weight excluding hydrogens is 470 g/mol. The number of hydrogen-bond donors (Lipinski definition) is 0. The quantitative estimate of drug-likeness (QED) is 0.566. The van der Waals surface area contributed by atoms with Crippen molar-refractivity contribution < 1.29 is 9.59 Å². The molecule has 0 unspecified atom stereocenters. The Morgan fingerprint density at radius 3 is 2.30 bits per heavy atom. The fraction of sp³-hybridized carbons (Fsp3) is 0.190. The van der Waals surface area contributed by atoms with Crippen LogP contribution in [-0.4, -0.2) is 25.7 Å². The number of thioether (sulfide) groups is 1. The van der Waals surface area contributed by atoms with Crippen LogP contribution < -0.4 is 11.2 Å². The van der Waals surface area contributed by atoms with Crippen LogP contribution in [0.1, 0.15) is 33.3 Å². The number of aromatic nitrogens is 3. The van der Waals surface area contributed by atoms with Gasteiger partial charge >= 0.3 is 5.69 Å². The molecule has 152 valence electrons. The lowest BCUT2D eigenvalue weighted by molar-refractivity contribution is 0.0991. The molecule has 1 aliphatic rings. The number of aryl methyl sites for hydroxylation is 2. The van der Waals surface area contributed by atoms with Crippen molar-refractivity contribution in [1.82, 2.24) is 14.1 Å². The minimum atomic E-state index is -0.641. The lowest BCUT2D eigenvalue weighted by Crippen LogP contribution is -2.39. The van der Waals surface area contributed by atoms with Gasteiger partial charge in [-0.25, -0.2) is 9.78 Å². The van der Waals surface area contributed by atoms with Gasteiger partial charge in [-0.15, -0.1) is 0 Å². The Hall–Kier alpha value is -2.78. The number of ketones is 2. The summed E-state index contributed by atoms with van der Waals surface area (Å²) in [6, 6.07) is 7.38. The van der Waals surface area contributed by atoms with Crippen molar-refractivity contribution in [3.05, 3.63) is 77.4 Å². The van der Waals surface area contributed by atoms with E-state index in [2.05, 4.69) is 20.9 Å². The minimum Gasteiger partial charge on any atom is -0.289 e. The number of Topliss-reactive ketones (excluding diaryl/α,β-unsaturated/α-hetero) is 1. The number of rotatable bonds is 3. The van der Waals surface area contributed by atoms with Gasteiger partial charge in [-0.3, -0.25) is 23.5 Å². The average molecular weight is 486 g/mol. The zero-order valence-electron chi connectivity index (χ0n) is 16.4. The zero-order valence-corrected chi connectivity index (χ0v) is 18.8. The number of hydrogen-bond acceptors (Lipinski definition) is 6. The Morgan fingerprint density at radius 1 is 1.00 bits per heavy atom. The summed E-state index contributed by atoms with van der Waals surface area (Å²) in [5.74, 6) is -0.790. The number of pyridine rings is 1.